The Balaban J connectivity index is 2.06. The fraction of sp³-hybridized carbons (Fsp3) is 0. The lowest BCUT2D eigenvalue weighted by molar-refractivity contribution is -0.122. The Morgan fingerprint density at radius 2 is 1.83 bits per heavy atom. The predicted molar refractivity (Wildman–Crippen MR) is 98.5 cm³/mol. The fourth-order valence-electron chi connectivity index (χ4n) is 2.27. The van der Waals surface area contributed by atoms with Gasteiger partial charge in [0.15, 0.2) is 5.11 Å². The molecule has 1 aliphatic rings. The number of thiocarbonyl (C=S) groups is 1. The standard InChI is InChI=1S/C17H11BrN2O3S/c18-11-6-7-14(21)10(8-11)9-13-15(22)19-17(24)20(16(13)23)12-4-2-1-3-5-12/h1-9,21H,(H,19,22,24)/b13-9-. The third-order valence-electron chi connectivity index (χ3n) is 3.41. The predicted octanol–water partition coefficient (Wildman–Crippen LogP) is 2.99. The number of amides is 2. The number of phenolic OH excluding ortho intramolecular Hbond substituents is 1. The molecular formula is C17H11BrN2O3S. The van der Waals surface area contributed by atoms with Crippen molar-refractivity contribution in [2.45, 2.75) is 0 Å². The van der Waals surface area contributed by atoms with Gasteiger partial charge in [0.05, 0.1) is 5.69 Å². The van der Waals surface area contributed by atoms with Crippen LogP contribution < -0.4 is 10.2 Å². The van der Waals surface area contributed by atoms with Crippen LogP contribution in [0.4, 0.5) is 5.69 Å². The van der Waals surface area contributed by atoms with Crippen LogP contribution in [0.3, 0.4) is 0 Å². The van der Waals surface area contributed by atoms with Crippen LogP contribution in [0.15, 0.2) is 58.6 Å². The first-order valence-electron chi connectivity index (χ1n) is 6.92. The molecule has 0 aromatic heterocycles. The van der Waals surface area contributed by atoms with Crippen LogP contribution in [0.5, 0.6) is 5.75 Å². The van der Waals surface area contributed by atoms with Crippen molar-refractivity contribution in [3.8, 4) is 5.75 Å². The normalized spacial score (nSPS) is 16.5. The zero-order chi connectivity index (χ0) is 17.3. The molecule has 3 rings (SSSR count). The minimum absolute atomic E-state index is 0.0202. The summed E-state index contributed by atoms with van der Waals surface area (Å²) < 4.78 is 0.714. The summed E-state index contributed by atoms with van der Waals surface area (Å²) in [7, 11) is 0. The molecule has 0 unspecified atom stereocenters. The fourth-order valence-corrected chi connectivity index (χ4v) is 2.93. The first kappa shape index (κ1) is 16.4. The van der Waals surface area contributed by atoms with Crippen molar-refractivity contribution in [1.82, 2.24) is 5.32 Å². The number of aromatic hydroxyl groups is 1. The molecule has 2 amide bonds. The molecule has 0 spiro atoms. The molecular weight excluding hydrogens is 392 g/mol. The van der Waals surface area contributed by atoms with E-state index in [2.05, 4.69) is 21.2 Å². The number of carbonyl (C=O) groups is 2. The molecule has 2 aromatic carbocycles. The van der Waals surface area contributed by atoms with Gasteiger partial charge in [0.25, 0.3) is 11.8 Å². The van der Waals surface area contributed by atoms with Gasteiger partial charge in [-0.3, -0.25) is 19.8 Å². The van der Waals surface area contributed by atoms with Crippen LogP contribution in [-0.4, -0.2) is 22.0 Å². The van der Waals surface area contributed by atoms with Crippen molar-refractivity contribution in [2.24, 2.45) is 0 Å². The van der Waals surface area contributed by atoms with Gasteiger partial charge in [0, 0.05) is 10.0 Å². The van der Waals surface area contributed by atoms with Gasteiger partial charge < -0.3 is 5.11 Å². The molecule has 1 saturated heterocycles. The first-order chi connectivity index (χ1) is 11.5. The van der Waals surface area contributed by atoms with Gasteiger partial charge in [-0.1, -0.05) is 34.1 Å². The number of benzene rings is 2. The quantitative estimate of drug-likeness (QED) is 0.460. The summed E-state index contributed by atoms with van der Waals surface area (Å²) in [4.78, 5) is 26.2. The van der Waals surface area contributed by atoms with E-state index in [1.54, 1.807) is 36.4 Å². The number of nitrogens with one attached hydrogen (secondary N) is 1. The molecule has 1 fully saturated rings. The third-order valence-corrected chi connectivity index (χ3v) is 4.18. The number of anilines is 1. The number of hydrogen-bond acceptors (Lipinski definition) is 4. The van der Waals surface area contributed by atoms with Crippen LogP contribution in [0.2, 0.25) is 0 Å². The number of halogens is 1. The lowest BCUT2D eigenvalue weighted by atomic mass is 10.1. The lowest BCUT2D eigenvalue weighted by Crippen LogP contribution is -2.54. The van der Waals surface area contributed by atoms with Crippen molar-refractivity contribution >= 4 is 56.8 Å². The lowest BCUT2D eigenvalue weighted by Gasteiger charge is -2.28. The van der Waals surface area contributed by atoms with Crippen molar-refractivity contribution < 1.29 is 14.7 Å². The average Bonchev–Trinajstić information content (AvgIpc) is 2.55. The van der Waals surface area contributed by atoms with Crippen LogP contribution in [0.25, 0.3) is 6.08 Å². The highest BCUT2D eigenvalue weighted by Gasteiger charge is 2.34. The summed E-state index contributed by atoms with van der Waals surface area (Å²) in [6.07, 6.45) is 1.34. The highest BCUT2D eigenvalue weighted by atomic mass is 79.9. The molecule has 0 saturated carbocycles. The van der Waals surface area contributed by atoms with E-state index >= 15 is 0 Å². The SMILES string of the molecule is O=C1NC(=S)N(c2ccccc2)C(=O)/C1=C\c1cc(Br)ccc1O. The molecule has 2 N–H and O–H groups in total. The molecule has 0 aliphatic carbocycles. The monoisotopic (exact) mass is 402 g/mol. The second-order valence-corrected chi connectivity index (χ2v) is 6.30. The average molecular weight is 403 g/mol. The summed E-state index contributed by atoms with van der Waals surface area (Å²) in [5, 5.41) is 12.4. The Hall–Kier alpha value is -2.51. The summed E-state index contributed by atoms with van der Waals surface area (Å²) in [5.74, 6) is -1.18. The maximum atomic E-state index is 12.8. The second kappa shape index (κ2) is 6.54. The van der Waals surface area contributed by atoms with E-state index in [9.17, 15) is 14.7 Å². The van der Waals surface area contributed by atoms with Gasteiger partial charge in [-0.25, -0.2) is 0 Å². The second-order valence-electron chi connectivity index (χ2n) is 5.00. The first-order valence-corrected chi connectivity index (χ1v) is 8.12. The van der Waals surface area contributed by atoms with Gasteiger partial charge in [0.2, 0.25) is 0 Å². The Morgan fingerprint density at radius 3 is 2.54 bits per heavy atom. The van der Waals surface area contributed by atoms with Crippen molar-refractivity contribution in [1.29, 1.82) is 0 Å². The number of phenols is 1. The zero-order valence-electron chi connectivity index (χ0n) is 12.2. The summed E-state index contributed by atoms with van der Waals surface area (Å²) in [5.41, 5.74) is 0.793. The Kier molecular flexibility index (Phi) is 4.46. The van der Waals surface area contributed by atoms with Gasteiger partial charge >= 0.3 is 0 Å². The highest BCUT2D eigenvalue weighted by Crippen LogP contribution is 2.27. The maximum absolute atomic E-state index is 12.8. The van der Waals surface area contributed by atoms with E-state index in [4.69, 9.17) is 12.2 Å². The molecule has 5 nitrogen and oxygen atoms in total. The van der Waals surface area contributed by atoms with Crippen molar-refractivity contribution in [2.75, 3.05) is 4.90 Å². The molecule has 2 aromatic rings. The maximum Gasteiger partial charge on any atom is 0.270 e. The van der Waals surface area contributed by atoms with Crippen LogP contribution in [0, 0.1) is 0 Å². The highest BCUT2D eigenvalue weighted by molar-refractivity contribution is 9.10. The summed E-state index contributed by atoms with van der Waals surface area (Å²) >= 11 is 8.41. The molecule has 24 heavy (non-hydrogen) atoms. The number of rotatable bonds is 2. The Morgan fingerprint density at radius 1 is 1.12 bits per heavy atom. The minimum atomic E-state index is -0.600. The van der Waals surface area contributed by atoms with E-state index in [1.807, 2.05) is 6.07 Å². The molecule has 7 heteroatoms. The minimum Gasteiger partial charge on any atom is -0.507 e. The number of nitrogens with zero attached hydrogens (tertiary/aromatic N) is 1. The van der Waals surface area contributed by atoms with Gasteiger partial charge in [-0.05, 0) is 48.6 Å². The van der Waals surface area contributed by atoms with Gasteiger partial charge in [0.1, 0.15) is 11.3 Å². The molecule has 0 radical (unpaired) electrons. The topological polar surface area (TPSA) is 69.6 Å². The number of carbonyl (C=O) groups excluding carboxylic acids is 2. The Bertz CT molecular complexity index is 881. The van der Waals surface area contributed by atoms with Gasteiger partial charge in [-0.15, -0.1) is 0 Å². The summed E-state index contributed by atoms with van der Waals surface area (Å²) in [6, 6.07) is 13.5. The zero-order valence-corrected chi connectivity index (χ0v) is 14.6. The van der Waals surface area contributed by atoms with Crippen LogP contribution in [0.1, 0.15) is 5.56 Å². The molecule has 0 bridgehead atoms. The smallest absolute Gasteiger partial charge is 0.270 e. The molecule has 0 atom stereocenters. The molecule has 1 heterocycles. The third kappa shape index (κ3) is 3.08. The number of hydrogen-bond donors (Lipinski definition) is 2. The van der Waals surface area contributed by atoms with Crippen LogP contribution >= 0.6 is 28.1 Å². The van der Waals surface area contributed by atoms with Crippen LogP contribution in [-0.2, 0) is 9.59 Å². The van der Waals surface area contributed by atoms with Crippen molar-refractivity contribution in [3.05, 3.63) is 64.1 Å². The summed E-state index contributed by atoms with van der Waals surface area (Å²) in [6.45, 7) is 0. The largest absolute Gasteiger partial charge is 0.507 e. The van der Waals surface area contributed by atoms with E-state index in [0.717, 1.165) is 0 Å². The van der Waals surface area contributed by atoms with Gasteiger partial charge in [-0.2, -0.15) is 0 Å². The van der Waals surface area contributed by atoms with E-state index in [1.165, 1.54) is 17.0 Å². The molecule has 1 aliphatic heterocycles. The van der Waals surface area contributed by atoms with E-state index < -0.39 is 11.8 Å². The number of para-hydroxylation sites is 1. The molecule has 120 valence electrons. The van der Waals surface area contributed by atoms with Crippen molar-refractivity contribution in [3.63, 3.8) is 0 Å². The Labute approximate surface area is 151 Å². The van der Waals surface area contributed by atoms with E-state index in [0.29, 0.717) is 15.7 Å². The van der Waals surface area contributed by atoms with E-state index in [-0.39, 0.29) is 16.4 Å².